The SMILES string of the molecule is O=[N+]([O-])c1cc(S(=O)(=O)NC2CC2)ccc1N1CCOCC1. The molecule has 0 aromatic heterocycles. The molecule has 120 valence electrons. The lowest BCUT2D eigenvalue weighted by molar-refractivity contribution is -0.384. The molecule has 0 unspecified atom stereocenters. The molecule has 1 saturated carbocycles. The van der Waals surface area contributed by atoms with E-state index in [9.17, 15) is 18.5 Å². The highest BCUT2D eigenvalue weighted by Crippen LogP contribution is 2.32. The molecule has 2 fully saturated rings. The molecule has 2 aliphatic rings. The number of nitrogens with one attached hydrogen (secondary N) is 1. The van der Waals surface area contributed by atoms with Crippen LogP contribution in [0, 0.1) is 10.1 Å². The van der Waals surface area contributed by atoms with Crippen molar-refractivity contribution in [3.63, 3.8) is 0 Å². The van der Waals surface area contributed by atoms with E-state index in [-0.39, 0.29) is 16.6 Å². The second kappa shape index (κ2) is 5.82. The third kappa shape index (κ3) is 3.21. The van der Waals surface area contributed by atoms with Gasteiger partial charge in [-0.2, -0.15) is 0 Å². The molecular formula is C13H17N3O5S. The van der Waals surface area contributed by atoms with E-state index in [0.29, 0.717) is 32.0 Å². The molecule has 1 N–H and O–H groups in total. The van der Waals surface area contributed by atoms with Gasteiger partial charge in [-0.05, 0) is 25.0 Å². The Balaban J connectivity index is 1.94. The zero-order valence-corrected chi connectivity index (χ0v) is 12.7. The number of sulfonamides is 1. The van der Waals surface area contributed by atoms with Crippen LogP contribution in [0.2, 0.25) is 0 Å². The number of hydrogen-bond donors (Lipinski definition) is 1. The summed E-state index contributed by atoms with van der Waals surface area (Å²) in [5.41, 5.74) is 0.235. The van der Waals surface area contributed by atoms with Gasteiger partial charge in [-0.1, -0.05) is 0 Å². The summed E-state index contributed by atoms with van der Waals surface area (Å²) in [5, 5.41) is 11.3. The molecule has 0 atom stereocenters. The largest absolute Gasteiger partial charge is 0.378 e. The first-order valence-electron chi connectivity index (χ1n) is 7.11. The van der Waals surface area contributed by atoms with Crippen LogP contribution in [0.25, 0.3) is 0 Å². The minimum atomic E-state index is -3.70. The normalized spacial score (nSPS) is 19.2. The third-order valence-corrected chi connectivity index (χ3v) is 5.22. The number of benzene rings is 1. The van der Waals surface area contributed by atoms with Crippen LogP contribution >= 0.6 is 0 Å². The first-order valence-corrected chi connectivity index (χ1v) is 8.59. The summed E-state index contributed by atoms with van der Waals surface area (Å²) in [6, 6.07) is 4.02. The van der Waals surface area contributed by atoms with Crippen molar-refractivity contribution < 1.29 is 18.1 Å². The van der Waals surface area contributed by atoms with E-state index in [2.05, 4.69) is 4.72 Å². The maximum atomic E-state index is 12.2. The minimum Gasteiger partial charge on any atom is -0.378 e. The maximum absolute atomic E-state index is 12.2. The van der Waals surface area contributed by atoms with Crippen LogP contribution in [-0.4, -0.2) is 45.7 Å². The average molecular weight is 327 g/mol. The molecule has 1 saturated heterocycles. The number of nitro groups is 1. The lowest BCUT2D eigenvalue weighted by atomic mass is 10.2. The van der Waals surface area contributed by atoms with E-state index in [1.54, 1.807) is 0 Å². The number of hydrogen-bond acceptors (Lipinski definition) is 6. The molecule has 9 heteroatoms. The molecule has 0 spiro atoms. The van der Waals surface area contributed by atoms with Crippen molar-refractivity contribution >= 4 is 21.4 Å². The van der Waals surface area contributed by atoms with E-state index >= 15 is 0 Å². The fourth-order valence-corrected chi connectivity index (χ4v) is 3.70. The molecule has 1 aliphatic heterocycles. The molecule has 0 amide bonds. The van der Waals surface area contributed by atoms with Gasteiger partial charge in [0.05, 0.1) is 23.0 Å². The molecule has 8 nitrogen and oxygen atoms in total. The Morgan fingerprint density at radius 2 is 1.95 bits per heavy atom. The quantitative estimate of drug-likeness (QED) is 0.636. The van der Waals surface area contributed by atoms with Gasteiger partial charge in [0.1, 0.15) is 5.69 Å². The molecule has 3 rings (SSSR count). The Kier molecular flexibility index (Phi) is 4.02. The van der Waals surface area contributed by atoms with Gasteiger partial charge < -0.3 is 9.64 Å². The maximum Gasteiger partial charge on any atom is 0.293 e. The highest BCUT2D eigenvalue weighted by Gasteiger charge is 2.30. The standard InChI is InChI=1S/C13H17N3O5S/c17-16(18)13-9-11(22(19,20)14-10-1-2-10)3-4-12(13)15-5-7-21-8-6-15/h3-4,9-10,14H,1-2,5-8H2. The summed E-state index contributed by atoms with van der Waals surface area (Å²) in [7, 11) is -3.70. The Morgan fingerprint density at radius 1 is 1.27 bits per heavy atom. The summed E-state index contributed by atoms with van der Waals surface area (Å²) in [4.78, 5) is 12.5. The summed E-state index contributed by atoms with van der Waals surface area (Å²) in [6.45, 7) is 2.10. The zero-order chi connectivity index (χ0) is 15.7. The third-order valence-electron chi connectivity index (χ3n) is 3.70. The van der Waals surface area contributed by atoms with Crippen molar-refractivity contribution in [2.75, 3.05) is 31.2 Å². The minimum absolute atomic E-state index is 0.0389. The van der Waals surface area contributed by atoms with Crippen molar-refractivity contribution in [1.29, 1.82) is 0 Å². The molecule has 0 radical (unpaired) electrons. The first-order chi connectivity index (χ1) is 10.5. The summed E-state index contributed by atoms with van der Waals surface area (Å²) in [5.74, 6) is 0. The van der Waals surface area contributed by atoms with Crippen molar-refractivity contribution in [3.8, 4) is 0 Å². The second-order valence-corrected chi connectivity index (χ2v) is 7.12. The first kappa shape index (κ1) is 15.2. The smallest absolute Gasteiger partial charge is 0.293 e. The molecule has 22 heavy (non-hydrogen) atoms. The fraction of sp³-hybridized carbons (Fsp3) is 0.538. The van der Waals surface area contributed by atoms with E-state index in [1.165, 1.54) is 12.1 Å². The highest BCUT2D eigenvalue weighted by atomic mass is 32.2. The highest BCUT2D eigenvalue weighted by molar-refractivity contribution is 7.89. The summed E-state index contributed by atoms with van der Waals surface area (Å²) in [6.07, 6.45) is 1.63. The number of rotatable bonds is 5. The van der Waals surface area contributed by atoms with Crippen LogP contribution in [-0.2, 0) is 14.8 Å². The second-order valence-electron chi connectivity index (χ2n) is 5.40. The topological polar surface area (TPSA) is 102 Å². The Labute approximate surface area is 128 Å². The van der Waals surface area contributed by atoms with Gasteiger partial charge in [0, 0.05) is 25.2 Å². The predicted molar refractivity (Wildman–Crippen MR) is 79.5 cm³/mol. The monoisotopic (exact) mass is 327 g/mol. The number of morpholine rings is 1. The molecular weight excluding hydrogens is 310 g/mol. The Bertz CT molecular complexity index is 681. The van der Waals surface area contributed by atoms with Crippen molar-refractivity contribution in [1.82, 2.24) is 4.72 Å². The molecule has 1 aromatic carbocycles. The predicted octanol–water partition coefficient (Wildman–Crippen LogP) is 0.872. The van der Waals surface area contributed by atoms with Gasteiger partial charge in [-0.3, -0.25) is 10.1 Å². The van der Waals surface area contributed by atoms with Gasteiger partial charge in [-0.25, -0.2) is 13.1 Å². The van der Waals surface area contributed by atoms with E-state index < -0.39 is 14.9 Å². The van der Waals surface area contributed by atoms with Crippen LogP contribution < -0.4 is 9.62 Å². The molecule has 1 heterocycles. The number of ether oxygens (including phenoxy) is 1. The average Bonchev–Trinajstić information content (AvgIpc) is 3.30. The summed E-state index contributed by atoms with van der Waals surface area (Å²) < 4.78 is 32.1. The molecule has 1 aromatic rings. The molecule has 0 bridgehead atoms. The van der Waals surface area contributed by atoms with Crippen molar-refractivity contribution in [3.05, 3.63) is 28.3 Å². The summed E-state index contributed by atoms with van der Waals surface area (Å²) >= 11 is 0. The van der Waals surface area contributed by atoms with Crippen LogP contribution in [0.5, 0.6) is 0 Å². The van der Waals surface area contributed by atoms with Gasteiger partial charge in [0.2, 0.25) is 10.0 Å². The fourth-order valence-electron chi connectivity index (χ4n) is 2.38. The number of anilines is 1. The van der Waals surface area contributed by atoms with E-state index in [0.717, 1.165) is 18.9 Å². The van der Waals surface area contributed by atoms with Gasteiger partial charge in [-0.15, -0.1) is 0 Å². The van der Waals surface area contributed by atoms with Crippen LogP contribution in [0.3, 0.4) is 0 Å². The number of nitrogens with zero attached hydrogens (tertiary/aromatic N) is 2. The lowest BCUT2D eigenvalue weighted by Crippen LogP contribution is -2.36. The van der Waals surface area contributed by atoms with Crippen molar-refractivity contribution in [2.45, 2.75) is 23.8 Å². The molecule has 1 aliphatic carbocycles. The van der Waals surface area contributed by atoms with Gasteiger partial charge in [0.25, 0.3) is 5.69 Å². The van der Waals surface area contributed by atoms with Crippen LogP contribution in [0.15, 0.2) is 23.1 Å². The zero-order valence-electron chi connectivity index (χ0n) is 11.9. The number of nitro benzene ring substituents is 1. The van der Waals surface area contributed by atoms with Gasteiger partial charge >= 0.3 is 0 Å². The van der Waals surface area contributed by atoms with Crippen LogP contribution in [0.4, 0.5) is 11.4 Å². The Morgan fingerprint density at radius 3 is 2.55 bits per heavy atom. The Hall–Kier alpha value is -1.71. The van der Waals surface area contributed by atoms with Gasteiger partial charge in [0.15, 0.2) is 0 Å². The van der Waals surface area contributed by atoms with Crippen LogP contribution in [0.1, 0.15) is 12.8 Å². The lowest BCUT2D eigenvalue weighted by Gasteiger charge is -2.28. The van der Waals surface area contributed by atoms with Crippen molar-refractivity contribution in [2.24, 2.45) is 0 Å². The van der Waals surface area contributed by atoms with E-state index in [1.807, 2.05) is 4.90 Å². The van der Waals surface area contributed by atoms with E-state index in [4.69, 9.17) is 4.74 Å².